The maximum atomic E-state index is 12.4. The second-order valence-corrected chi connectivity index (χ2v) is 8.79. The van der Waals surface area contributed by atoms with E-state index in [4.69, 9.17) is 10.6 Å². The Labute approximate surface area is 192 Å². The largest absolute Gasteiger partial charge is 0.494 e. The first kappa shape index (κ1) is 24.9. The van der Waals surface area contributed by atoms with Crippen LogP contribution in [0.25, 0.3) is 10.6 Å². The monoisotopic (exact) mass is 464 g/mol. The summed E-state index contributed by atoms with van der Waals surface area (Å²) in [6, 6.07) is 7.70. The molecule has 0 aliphatic carbocycles. The summed E-state index contributed by atoms with van der Waals surface area (Å²) in [5, 5.41) is 16.9. The van der Waals surface area contributed by atoms with Gasteiger partial charge in [0.15, 0.2) is 5.17 Å². The minimum absolute atomic E-state index is 0.163. The van der Waals surface area contributed by atoms with Crippen LogP contribution in [-0.4, -0.2) is 51.6 Å². The Morgan fingerprint density at radius 3 is 2.58 bits per heavy atom. The molecule has 0 unspecified atom stereocenters. The first-order valence-corrected chi connectivity index (χ1v) is 12.4. The maximum Gasteiger partial charge on any atom is 0.236 e. The summed E-state index contributed by atoms with van der Waals surface area (Å²) in [4.78, 5) is 14.5. The van der Waals surface area contributed by atoms with Crippen LogP contribution in [-0.2, 0) is 4.79 Å². The molecule has 2 rings (SSSR count). The molecule has 3 N–H and O–H groups in total. The number of benzene rings is 1. The molecular weight excluding hydrogens is 432 g/mol. The number of nitrogens with one attached hydrogen (secondary N) is 1. The van der Waals surface area contributed by atoms with Crippen LogP contribution >= 0.6 is 23.1 Å². The number of anilines is 1. The molecule has 8 nitrogen and oxygen atoms in total. The highest BCUT2D eigenvalue weighted by Gasteiger charge is 2.15. The lowest BCUT2D eigenvalue weighted by Gasteiger charge is -2.24. The second kappa shape index (κ2) is 13.9. The highest BCUT2D eigenvalue weighted by molar-refractivity contribution is 8.14. The first-order chi connectivity index (χ1) is 15.1. The van der Waals surface area contributed by atoms with Gasteiger partial charge in [-0.05, 0) is 43.5 Å². The molecule has 0 aliphatic rings. The Balaban J connectivity index is 1.89. The van der Waals surface area contributed by atoms with Gasteiger partial charge in [0.2, 0.25) is 11.0 Å². The summed E-state index contributed by atoms with van der Waals surface area (Å²) < 4.78 is 5.60. The minimum atomic E-state index is -0.163. The second-order valence-electron chi connectivity index (χ2n) is 6.87. The molecular formula is C21H32N6O2S2. The lowest BCUT2D eigenvalue weighted by atomic mass is 10.2. The highest BCUT2D eigenvalue weighted by atomic mass is 32.2. The van der Waals surface area contributed by atoms with Gasteiger partial charge in [0.1, 0.15) is 10.8 Å². The number of hydrogen-bond donors (Lipinski definition) is 2. The molecule has 0 aliphatic heterocycles. The number of thioether (sulfide) groups is 1. The van der Waals surface area contributed by atoms with Crippen molar-refractivity contribution in [3.63, 3.8) is 0 Å². The molecule has 2 aromatic rings. The predicted molar refractivity (Wildman–Crippen MR) is 131 cm³/mol. The third-order valence-corrected chi connectivity index (χ3v) is 6.15. The topological polar surface area (TPSA) is 106 Å². The fourth-order valence-electron chi connectivity index (χ4n) is 2.72. The van der Waals surface area contributed by atoms with E-state index in [1.54, 1.807) is 0 Å². The van der Waals surface area contributed by atoms with Gasteiger partial charge in [0, 0.05) is 18.7 Å². The lowest BCUT2D eigenvalue weighted by Crippen LogP contribution is -2.32. The van der Waals surface area contributed by atoms with Crippen molar-refractivity contribution >= 4 is 39.3 Å². The van der Waals surface area contributed by atoms with Crippen LogP contribution in [0.2, 0.25) is 0 Å². The quantitative estimate of drug-likeness (QED) is 0.207. The standard InChI is InChI=1S/C21H32N6O2S2/c1-4-7-13-27(12-5-2)21(24-22)30-15-18(28)23-20-26-25-19(31-20)16-8-10-17(11-9-16)29-14-6-3/h8-11H,4-7,12-15,22H2,1-3H3,(H,23,26,28)/b24-21+. The molecule has 0 bridgehead atoms. The van der Waals surface area contributed by atoms with Crippen molar-refractivity contribution in [2.45, 2.75) is 46.5 Å². The molecule has 0 fully saturated rings. The number of amidine groups is 1. The van der Waals surface area contributed by atoms with Gasteiger partial charge in [-0.2, -0.15) is 5.10 Å². The van der Waals surface area contributed by atoms with E-state index in [1.165, 1.54) is 23.1 Å². The average molecular weight is 465 g/mol. The van der Waals surface area contributed by atoms with E-state index in [0.717, 1.165) is 55.1 Å². The zero-order valence-electron chi connectivity index (χ0n) is 18.5. The molecule has 0 atom stereocenters. The number of carbonyl (C=O) groups excluding carboxylic acids is 1. The molecule has 0 saturated heterocycles. The highest BCUT2D eigenvalue weighted by Crippen LogP contribution is 2.28. The van der Waals surface area contributed by atoms with Crippen molar-refractivity contribution in [1.82, 2.24) is 15.1 Å². The third kappa shape index (κ3) is 8.37. The van der Waals surface area contributed by atoms with Crippen molar-refractivity contribution in [3.8, 4) is 16.3 Å². The van der Waals surface area contributed by atoms with Crippen molar-refractivity contribution in [3.05, 3.63) is 24.3 Å². The predicted octanol–water partition coefficient (Wildman–Crippen LogP) is 4.41. The van der Waals surface area contributed by atoms with Crippen molar-refractivity contribution < 1.29 is 9.53 Å². The zero-order valence-corrected chi connectivity index (χ0v) is 20.1. The van der Waals surface area contributed by atoms with E-state index < -0.39 is 0 Å². The number of nitrogens with two attached hydrogens (primary N) is 1. The smallest absolute Gasteiger partial charge is 0.236 e. The van der Waals surface area contributed by atoms with Crippen LogP contribution in [0, 0.1) is 0 Å². The molecule has 31 heavy (non-hydrogen) atoms. The average Bonchev–Trinajstić information content (AvgIpc) is 3.25. The molecule has 1 amide bonds. The van der Waals surface area contributed by atoms with E-state index in [-0.39, 0.29) is 11.7 Å². The van der Waals surface area contributed by atoms with Crippen LogP contribution in [0.1, 0.15) is 46.5 Å². The summed E-state index contributed by atoms with van der Waals surface area (Å²) in [5.41, 5.74) is 0.930. The minimum Gasteiger partial charge on any atom is -0.494 e. The number of rotatable bonds is 12. The van der Waals surface area contributed by atoms with Crippen molar-refractivity contribution in [1.29, 1.82) is 0 Å². The van der Waals surface area contributed by atoms with Gasteiger partial charge < -0.3 is 15.5 Å². The maximum absolute atomic E-state index is 12.4. The number of aromatic nitrogens is 2. The molecule has 1 heterocycles. The van der Waals surface area contributed by atoms with Gasteiger partial charge in [0.05, 0.1) is 12.4 Å². The van der Waals surface area contributed by atoms with Gasteiger partial charge in [0.25, 0.3) is 0 Å². The molecule has 0 spiro atoms. The molecule has 0 saturated carbocycles. The number of hydrazone groups is 1. The fourth-order valence-corrected chi connectivity index (χ4v) is 4.26. The van der Waals surface area contributed by atoms with Gasteiger partial charge in [-0.3, -0.25) is 10.1 Å². The Bertz CT molecular complexity index is 826. The Morgan fingerprint density at radius 1 is 1.16 bits per heavy atom. The third-order valence-electron chi connectivity index (χ3n) is 4.23. The van der Waals surface area contributed by atoms with Crippen LogP contribution in [0.4, 0.5) is 5.13 Å². The first-order valence-electron chi connectivity index (χ1n) is 10.6. The van der Waals surface area contributed by atoms with Gasteiger partial charge >= 0.3 is 0 Å². The Morgan fingerprint density at radius 2 is 1.94 bits per heavy atom. The summed E-state index contributed by atoms with van der Waals surface area (Å²) in [6.07, 6.45) is 4.12. The van der Waals surface area contributed by atoms with Crippen LogP contribution < -0.4 is 15.9 Å². The molecule has 1 aromatic heterocycles. The molecule has 0 radical (unpaired) electrons. The zero-order chi connectivity index (χ0) is 22.5. The lowest BCUT2D eigenvalue weighted by molar-refractivity contribution is -0.113. The molecule has 170 valence electrons. The summed E-state index contributed by atoms with van der Waals surface area (Å²) >= 11 is 2.67. The number of amides is 1. The van der Waals surface area contributed by atoms with E-state index in [0.29, 0.717) is 16.9 Å². The van der Waals surface area contributed by atoms with Gasteiger partial charge in [-0.25, -0.2) is 0 Å². The van der Waals surface area contributed by atoms with Crippen LogP contribution in [0.3, 0.4) is 0 Å². The number of ether oxygens (including phenoxy) is 1. The molecule has 1 aromatic carbocycles. The Hall–Kier alpha value is -2.33. The van der Waals surface area contributed by atoms with Crippen LogP contribution in [0.15, 0.2) is 29.4 Å². The van der Waals surface area contributed by atoms with E-state index in [2.05, 4.69) is 46.3 Å². The van der Waals surface area contributed by atoms with Gasteiger partial charge in [-0.15, -0.1) is 10.2 Å². The number of nitrogens with zero attached hydrogens (tertiary/aromatic N) is 4. The number of carbonyl (C=O) groups is 1. The van der Waals surface area contributed by atoms with E-state index in [9.17, 15) is 4.79 Å². The molecule has 10 heteroatoms. The summed E-state index contributed by atoms with van der Waals surface area (Å²) in [5.74, 6) is 6.46. The van der Waals surface area contributed by atoms with Gasteiger partial charge in [-0.1, -0.05) is 50.3 Å². The van der Waals surface area contributed by atoms with Crippen molar-refractivity contribution in [2.24, 2.45) is 10.9 Å². The normalized spacial score (nSPS) is 11.4. The SMILES string of the molecule is CCCCN(CCC)/C(=N\N)SCC(=O)Nc1nnc(-c2ccc(OCCC)cc2)s1. The summed E-state index contributed by atoms with van der Waals surface area (Å²) in [7, 11) is 0. The van der Waals surface area contributed by atoms with Crippen LogP contribution in [0.5, 0.6) is 5.75 Å². The number of hydrogen-bond acceptors (Lipinski definition) is 8. The summed E-state index contributed by atoms with van der Waals surface area (Å²) in [6.45, 7) is 8.78. The van der Waals surface area contributed by atoms with E-state index >= 15 is 0 Å². The number of unbranched alkanes of at least 4 members (excludes halogenated alkanes) is 1. The van der Waals surface area contributed by atoms with E-state index in [1.807, 2.05) is 24.3 Å². The fraction of sp³-hybridized carbons (Fsp3) is 0.524. The van der Waals surface area contributed by atoms with Crippen molar-refractivity contribution in [2.75, 3.05) is 30.8 Å². The Kier molecular flexibility index (Phi) is 11.2.